The van der Waals surface area contributed by atoms with E-state index in [0.717, 1.165) is 16.3 Å². The molecule has 8 heteroatoms. The molecule has 34 heavy (non-hydrogen) atoms. The molecule has 0 heterocycles. The van der Waals surface area contributed by atoms with E-state index in [-0.39, 0.29) is 23.6 Å². The SMILES string of the molecule is O=C(Cc1cccc2ccccc12)N/N=C/c1ccc(OC(=O)c2ccc([N+](=O)[O-])cc2)cc1. The maximum absolute atomic E-state index is 12.3. The summed E-state index contributed by atoms with van der Waals surface area (Å²) in [4.78, 5) is 34.7. The number of amides is 1. The normalized spacial score (nSPS) is 10.8. The minimum Gasteiger partial charge on any atom is -0.423 e. The fourth-order valence-corrected chi connectivity index (χ4v) is 3.35. The van der Waals surface area contributed by atoms with Crippen LogP contribution in [0, 0.1) is 10.1 Å². The highest BCUT2D eigenvalue weighted by molar-refractivity contribution is 5.92. The predicted octanol–water partition coefficient (Wildman–Crippen LogP) is 4.66. The standard InChI is InChI=1S/C26H19N3O5/c30-25(16-21-6-3-5-19-4-1-2-7-24(19)21)28-27-17-18-8-14-23(15-9-18)34-26(31)20-10-12-22(13-11-20)29(32)33/h1-15,17H,16H2,(H,28,30)/b27-17+. The molecule has 0 bridgehead atoms. The van der Waals surface area contributed by atoms with Crippen LogP contribution in [-0.2, 0) is 11.2 Å². The molecule has 0 aromatic heterocycles. The van der Waals surface area contributed by atoms with Crippen molar-refractivity contribution >= 4 is 34.6 Å². The van der Waals surface area contributed by atoms with Gasteiger partial charge in [-0.3, -0.25) is 14.9 Å². The number of benzene rings is 4. The zero-order valence-electron chi connectivity index (χ0n) is 17.9. The van der Waals surface area contributed by atoms with Gasteiger partial charge < -0.3 is 4.74 Å². The van der Waals surface area contributed by atoms with Crippen molar-refractivity contribution in [2.45, 2.75) is 6.42 Å². The monoisotopic (exact) mass is 453 g/mol. The molecule has 0 aliphatic heterocycles. The Kier molecular flexibility index (Phi) is 6.69. The van der Waals surface area contributed by atoms with E-state index >= 15 is 0 Å². The van der Waals surface area contributed by atoms with E-state index in [1.165, 1.54) is 30.5 Å². The van der Waals surface area contributed by atoms with Gasteiger partial charge in [-0.05, 0) is 58.3 Å². The lowest BCUT2D eigenvalue weighted by Crippen LogP contribution is -2.19. The summed E-state index contributed by atoms with van der Waals surface area (Å²) < 4.78 is 5.28. The minimum atomic E-state index is -0.628. The second kappa shape index (κ2) is 10.2. The lowest BCUT2D eigenvalue weighted by Gasteiger charge is -2.06. The van der Waals surface area contributed by atoms with Crippen LogP contribution in [0.1, 0.15) is 21.5 Å². The van der Waals surface area contributed by atoms with Gasteiger partial charge in [-0.25, -0.2) is 10.2 Å². The number of non-ortho nitro benzene ring substituents is 1. The third-order valence-electron chi connectivity index (χ3n) is 5.04. The molecule has 0 spiro atoms. The van der Waals surface area contributed by atoms with Gasteiger partial charge in [0.2, 0.25) is 5.91 Å². The molecule has 0 saturated heterocycles. The highest BCUT2D eigenvalue weighted by atomic mass is 16.6. The Hall–Kier alpha value is -4.85. The fourth-order valence-electron chi connectivity index (χ4n) is 3.35. The first kappa shape index (κ1) is 22.3. The number of nitro groups is 1. The zero-order chi connectivity index (χ0) is 23.9. The van der Waals surface area contributed by atoms with Gasteiger partial charge in [0.1, 0.15) is 5.75 Å². The van der Waals surface area contributed by atoms with Crippen molar-refractivity contribution in [3.8, 4) is 5.75 Å². The van der Waals surface area contributed by atoms with Crippen molar-refractivity contribution in [1.29, 1.82) is 0 Å². The summed E-state index contributed by atoms with van der Waals surface area (Å²) in [5.41, 5.74) is 4.23. The molecule has 0 radical (unpaired) electrons. The van der Waals surface area contributed by atoms with E-state index in [2.05, 4.69) is 10.5 Å². The van der Waals surface area contributed by atoms with Gasteiger partial charge in [0, 0.05) is 12.1 Å². The van der Waals surface area contributed by atoms with E-state index in [9.17, 15) is 19.7 Å². The van der Waals surface area contributed by atoms with Gasteiger partial charge in [-0.15, -0.1) is 0 Å². The Bertz CT molecular complexity index is 1370. The van der Waals surface area contributed by atoms with Crippen molar-refractivity contribution in [3.05, 3.63) is 118 Å². The number of hydrogen-bond acceptors (Lipinski definition) is 6. The van der Waals surface area contributed by atoms with Gasteiger partial charge in [-0.1, -0.05) is 42.5 Å². The first-order chi connectivity index (χ1) is 16.5. The molecule has 0 saturated carbocycles. The Balaban J connectivity index is 1.31. The number of rotatable bonds is 7. The van der Waals surface area contributed by atoms with Gasteiger partial charge in [0.05, 0.1) is 23.1 Å². The molecule has 1 amide bonds. The topological polar surface area (TPSA) is 111 Å². The van der Waals surface area contributed by atoms with E-state index in [0.29, 0.717) is 11.3 Å². The van der Waals surface area contributed by atoms with Crippen LogP contribution in [0.15, 0.2) is 96.1 Å². The van der Waals surface area contributed by atoms with E-state index < -0.39 is 10.9 Å². The summed E-state index contributed by atoms with van der Waals surface area (Å²) >= 11 is 0. The van der Waals surface area contributed by atoms with Crippen LogP contribution in [0.2, 0.25) is 0 Å². The summed E-state index contributed by atoms with van der Waals surface area (Å²) in [5.74, 6) is -0.557. The molecule has 168 valence electrons. The molecule has 4 rings (SSSR count). The van der Waals surface area contributed by atoms with Gasteiger partial charge >= 0.3 is 5.97 Å². The smallest absolute Gasteiger partial charge is 0.343 e. The van der Waals surface area contributed by atoms with Crippen LogP contribution in [0.25, 0.3) is 10.8 Å². The highest BCUT2D eigenvalue weighted by Gasteiger charge is 2.11. The molecular formula is C26H19N3O5. The summed E-state index contributed by atoms with van der Waals surface area (Å²) in [6.45, 7) is 0. The van der Waals surface area contributed by atoms with Crippen LogP contribution >= 0.6 is 0 Å². The van der Waals surface area contributed by atoms with Gasteiger partial charge in [0.15, 0.2) is 0 Å². The maximum atomic E-state index is 12.3. The van der Waals surface area contributed by atoms with Crippen molar-refractivity contribution in [1.82, 2.24) is 5.43 Å². The Morgan fingerprint density at radius 2 is 1.62 bits per heavy atom. The number of nitrogens with zero attached hydrogens (tertiary/aromatic N) is 2. The quantitative estimate of drug-likeness (QED) is 0.144. The van der Waals surface area contributed by atoms with Crippen LogP contribution in [0.4, 0.5) is 5.69 Å². The summed E-state index contributed by atoms with van der Waals surface area (Å²) in [5, 5.41) is 16.8. The summed E-state index contributed by atoms with van der Waals surface area (Å²) in [6.07, 6.45) is 1.69. The molecule has 0 aliphatic carbocycles. The molecule has 8 nitrogen and oxygen atoms in total. The second-order valence-electron chi connectivity index (χ2n) is 7.37. The summed E-state index contributed by atoms with van der Waals surface area (Å²) in [6, 6.07) is 25.4. The molecule has 1 N–H and O–H groups in total. The zero-order valence-corrected chi connectivity index (χ0v) is 17.9. The summed E-state index contributed by atoms with van der Waals surface area (Å²) in [7, 11) is 0. The number of esters is 1. The van der Waals surface area contributed by atoms with Crippen molar-refractivity contribution in [2.75, 3.05) is 0 Å². The van der Waals surface area contributed by atoms with E-state index in [1.807, 2.05) is 42.5 Å². The fraction of sp³-hybridized carbons (Fsp3) is 0.0385. The van der Waals surface area contributed by atoms with Crippen LogP contribution in [-0.4, -0.2) is 23.0 Å². The molecule has 4 aromatic rings. The van der Waals surface area contributed by atoms with Crippen molar-refractivity contribution < 1.29 is 19.2 Å². The molecule has 0 unspecified atom stereocenters. The van der Waals surface area contributed by atoms with E-state index in [4.69, 9.17) is 4.74 Å². The molecule has 4 aromatic carbocycles. The maximum Gasteiger partial charge on any atom is 0.343 e. The van der Waals surface area contributed by atoms with Gasteiger partial charge in [0.25, 0.3) is 5.69 Å². The molecule has 0 fully saturated rings. The third-order valence-corrected chi connectivity index (χ3v) is 5.04. The molecule has 0 atom stereocenters. The first-order valence-electron chi connectivity index (χ1n) is 10.3. The number of nitro benzene ring substituents is 1. The number of hydrazone groups is 1. The lowest BCUT2D eigenvalue weighted by atomic mass is 10.0. The molecule has 0 aliphatic rings. The van der Waals surface area contributed by atoms with Crippen LogP contribution in [0.5, 0.6) is 5.75 Å². The predicted molar refractivity (Wildman–Crippen MR) is 128 cm³/mol. The number of nitrogens with one attached hydrogen (secondary N) is 1. The number of hydrogen-bond donors (Lipinski definition) is 1. The Morgan fingerprint density at radius 3 is 2.35 bits per heavy atom. The average molecular weight is 453 g/mol. The average Bonchev–Trinajstić information content (AvgIpc) is 2.85. The Labute approximate surface area is 194 Å². The number of carbonyl (C=O) groups is 2. The lowest BCUT2D eigenvalue weighted by molar-refractivity contribution is -0.384. The van der Waals surface area contributed by atoms with Crippen LogP contribution in [0.3, 0.4) is 0 Å². The first-order valence-corrected chi connectivity index (χ1v) is 10.3. The largest absolute Gasteiger partial charge is 0.423 e. The minimum absolute atomic E-state index is 0.107. The van der Waals surface area contributed by atoms with Crippen LogP contribution < -0.4 is 10.2 Å². The van der Waals surface area contributed by atoms with Crippen molar-refractivity contribution in [2.24, 2.45) is 5.10 Å². The highest BCUT2D eigenvalue weighted by Crippen LogP contribution is 2.19. The van der Waals surface area contributed by atoms with Gasteiger partial charge in [-0.2, -0.15) is 5.10 Å². The number of ether oxygens (including phenoxy) is 1. The third kappa shape index (κ3) is 5.49. The number of fused-ring (bicyclic) bond motifs is 1. The van der Waals surface area contributed by atoms with Crippen molar-refractivity contribution in [3.63, 3.8) is 0 Å². The van der Waals surface area contributed by atoms with E-state index in [1.54, 1.807) is 24.3 Å². The Morgan fingerprint density at radius 1 is 0.912 bits per heavy atom. The molecular weight excluding hydrogens is 434 g/mol. The number of carbonyl (C=O) groups excluding carboxylic acids is 2. The second-order valence-corrected chi connectivity index (χ2v) is 7.37.